The Hall–Kier alpha value is 1.15. The average Bonchev–Trinajstić information content (AvgIpc) is 2.54. The minimum atomic E-state index is -2.17. The summed E-state index contributed by atoms with van der Waals surface area (Å²) in [5.41, 5.74) is 3.90. The molecule has 5 nitrogen and oxygen atoms in total. The molecule has 0 aromatic carbocycles. The van der Waals surface area contributed by atoms with Crippen molar-refractivity contribution in [3.63, 3.8) is 0 Å². The quantitative estimate of drug-likeness (QED) is 0.145. The molecule has 0 saturated heterocycles. The number of hydrogen-bond donors (Lipinski definition) is 1. The number of hydrogen-bond acceptors (Lipinski definition) is 6. The van der Waals surface area contributed by atoms with Crippen molar-refractivity contribution in [3.8, 4) is 0 Å². The molecule has 1 atom stereocenters. The molecule has 0 rings (SSSR count). The van der Waals surface area contributed by atoms with Crippen molar-refractivity contribution in [3.05, 3.63) is 24.6 Å². The molecular formula is C22H58O5SSi7. The van der Waals surface area contributed by atoms with Gasteiger partial charge in [-0.3, -0.25) is 0 Å². The molecule has 0 aliphatic heterocycles. The Kier molecular flexibility index (Phi) is 15.9. The Balaban J connectivity index is 0. The molecule has 0 bridgehead atoms. The summed E-state index contributed by atoms with van der Waals surface area (Å²) in [5.74, 6) is 0.887. The third kappa shape index (κ3) is 21.7. The molecule has 0 aromatic rings. The molecule has 210 valence electrons. The number of thiol groups is 1. The summed E-state index contributed by atoms with van der Waals surface area (Å²) in [6, 6.07) is 1.01. The summed E-state index contributed by atoms with van der Waals surface area (Å²) in [6.07, 6.45) is 1.05. The van der Waals surface area contributed by atoms with Crippen LogP contribution in [0.25, 0.3) is 0 Å². The van der Waals surface area contributed by atoms with E-state index < -0.39 is 59.0 Å². The lowest BCUT2D eigenvalue weighted by Gasteiger charge is -2.41. The van der Waals surface area contributed by atoms with Crippen molar-refractivity contribution < 1.29 is 20.6 Å². The second kappa shape index (κ2) is 14.5. The largest absolute Gasteiger partial charge is 0.437 e. The van der Waals surface area contributed by atoms with E-state index in [1.165, 1.54) is 0 Å². The topological polar surface area (TPSA) is 46.2 Å². The lowest BCUT2D eigenvalue weighted by molar-refractivity contribution is 0.323. The molecule has 13 heteroatoms. The van der Waals surface area contributed by atoms with Crippen molar-refractivity contribution in [2.24, 2.45) is 0 Å². The number of rotatable bonds is 15. The van der Waals surface area contributed by atoms with Gasteiger partial charge >= 0.3 is 25.7 Å². The van der Waals surface area contributed by atoms with Crippen LogP contribution in [0.3, 0.4) is 0 Å². The molecule has 0 fully saturated rings. The van der Waals surface area contributed by atoms with Crippen molar-refractivity contribution >= 4 is 71.6 Å². The van der Waals surface area contributed by atoms with Gasteiger partial charge in [0.15, 0.2) is 33.3 Å². The first kappa shape index (κ1) is 38.3. The van der Waals surface area contributed by atoms with Gasteiger partial charge in [-0.1, -0.05) is 11.4 Å². The summed E-state index contributed by atoms with van der Waals surface area (Å²) in [7, 11) is -13.0. The second-order valence-electron chi connectivity index (χ2n) is 13.1. The fourth-order valence-electron chi connectivity index (χ4n) is 3.82. The van der Waals surface area contributed by atoms with E-state index >= 15 is 0 Å². The first-order valence-corrected chi connectivity index (χ1v) is 34.2. The van der Waals surface area contributed by atoms with Crippen LogP contribution in [0.2, 0.25) is 104 Å². The van der Waals surface area contributed by atoms with E-state index in [0.29, 0.717) is 0 Å². The SMILES string of the molecule is C=C[Si](C)(C)O[Si](C)(C)O[Si](C)(C)C=C.C[Si](C)(C)O[Si](C)(C)O[Si](C)(CCCS)O[Si](C)(C)C. The Morgan fingerprint density at radius 3 is 1.17 bits per heavy atom. The zero-order valence-corrected chi connectivity index (χ0v) is 33.6. The molecule has 0 aliphatic rings. The van der Waals surface area contributed by atoms with Gasteiger partial charge in [0.25, 0.3) is 0 Å². The third-order valence-electron chi connectivity index (χ3n) is 4.33. The van der Waals surface area contributed by atoms with Gasteiger partial charge < -0.3 is 20.6 Å². The van der Waals surface area contributed by atoms with Crippen LogP contribution < -0.4 is 0 Å². The summed E-state index contributed by atoms with van der Waals surface area (Å²) in [5, 5.41) is 0. The molecule has 0 saturated carbocycles. The van der Waals surface area contributed by atoms with Gasteiger partial charge in [0.2, 0.25) is 0 Å². The predicted molar refractivity (Wildman–Crippen MR) is 177 cm³/mol. The minimum absolute atomic E-state index is 0.887. The van der Waals surface area contributed by atoms with Crippen LogP contribution in [0.15, 0.2) is 24.6 Å². The maximum Gasteiger partial charge on any atom is 0.315 e. The Bertz CT molecular complexity index is 638. The molecule has 35 heavy (non-hydrogen) atoms. The lowest BCUT2D eigenvalue weighted by Crippen LogP contribution is -2.56. The molecule has 0 heterocycles. The Labute approximate surface area is 232 Å². The summed E-state index contributed by atoms with van der Waals surface area (Å²) in [6.45, 7) is 40.3. The maximum absolute atomic E-state index is 6.55. The summed E-state index contributed by atoms with van der Waals surface area (Å²) in [4.78, 5) is 0. The fourth-order valence-corrected chi connectivity index (χ4v) is 33.6. The standard InChI is InChI=1S/C12H34O3SSi4.C10H24O2Si3/c1-17(2,3)13-19(7,8)15-20(9,12-10-11-16)14-18(4,5)6;1-9-13(3,4)11-15(7,8)12-14(5,6)10-2/h16H,10-12H2,1-9H3;9-10H,1-2H2,3-8H3. The van der Waals surface area contributed by atoms with E-state index in [4.69, 9.17) is 20.6 Å². The summed E-state index contributed by atoms with van der Waals surface area (Å²) < 4.78 is 31.6. The predicted octanol–water partition coefficient (Wildman–Crippen LogP) is 8.38. The second-order valence-corrected chi connectivity index (χ2v) is 41.7. The van der Waals surface area contributed by atoms with Gasteiger partial charge in [0.05, 0.1) is 0 Å². The molecule has 0 spiro atoms. The molecular weight excluding hydrogens is 573 g/mol. The molecule has 1 unspecified atom stereocenters. The lowest BCUT2D eigenvalue weighted by atomic mass is 10.6. The van der Waals surface area contributed by atoms with Gasteiger partial charge in [-0.25, -0.2) is 0 Å². The smallest absolute Gasteiger partial charge is 0.315 e. The van der Waals surface area contributed by atoms with Crippen LogP contribution in [0.5, 0.6) is 0 Å². The third-order valence-corrected chi connectivity index (χ3v) is 28.3. The van der Waals surface area contributed by atoms with E-state index in [1.54, 1.807) is 0 Å². The highest BCUT2D eigenvalue weighted by Gasteiger charge is 2.44. The highest BCUT2D eigenvalue weighted by atomic mass is 32.1. The molecule has 0 amide bonds. The van der Waals surface area contributed by atoms with Crippen LogP contribution >= 0.6 is 12.6 Å². The highest BCUT2D eigenvalue weighted by molar-refractivity contribution is 7.80. The van der Waals surface area contributed by atoms with E-state index in [2.05, 4.69) is 124 Å². The van der Waals surface area contributed by atoms with Crippen molar-refractivity contribution in [2.45, 2.75) is 111 Å². The molecule has 0 aliphatic carbocycles. The van der Waals surface area contributed by atoms with E-state index in [9.17, 15) is 0 Å². The Morgan fingerprint density at radius 1 is 0.543 bits per heavy atom. The maximum atomic E-state index is 6.55. The monoisotopic (exact) mass is 630 g/mol. The minimum Gasteiger partial charge on any atom is -0.437 e. The average molecular weight is 631 g/mol. The zero-order chi connectivity index (χ0) is 28.6. The molecule has 0 N–H and O–H groups in total. The first-order valence-electron chi connectivity index (χ1n) is 12.6. The fraction of sp³-hybridized carbons (Fsp3) is 0.818. The van der Waals surface area contributed by atoms with Gasteiger partial charge in [-0.05, 0) is 116 Å². The van der Waals surface area contributed by atoms with Crippen LogP contribution in [-0.2, 0) is 20.6 Å². The van der Waals surface area contributed by atoms with Crippen LogP contribution in [0.4, 0.5) is 0 Å². The normalized spacial score (nSPS) is 15.7. The van der Waals surface area contributed by atoms with Crippen molar-refractivity contribution in [2.75, 3.05) is 5.75 Å². The zero-order valence-electron chi connectivity index (χ0n) is 25.7. The highest BCUT2D eigenvalue weighted by Crippen LogP contribution is 2.27. The Morgan fingerprint density at radius 2 is 0.886 bits per heavy atom. The van der Waals surface area contributed by atoms with Crippen molar-refractivity contribution in [1.82, 2.24) is 0 Å². The van der Waals surface area contributed by atoms with E-state index in [-0.39, 0.29) is 0 Å². The van der Waals surface area contributed by atoms with Gasteiger partial charge in [0, 0.05) is 0 Å². The van der Waals surface area contributed by atoms with Crippen molar-refractivity contribution in [1.29, 1.82) is 0 Å². The van der Waals surface area contributed by atoms with Crippen LogP contribution in [0.1, 0.15) is 6.42 Å². The van der Waals surface area contributed by atoms with E-state index in [0.717, 1.165) is 18.2 Å². The van der Waals surface area contributed by atoms with Crippen LogP contribution in [-0.4, -0.2) is 64.7 Å². The molecule has 0 radical (unpaired) electrons. The van der Waals surface area contributed by atoms with Gasteiger partial charge in [-0.2, -0.15) is 12.6 Å². The van der Waals surface area contributed by atoms with Gasteiger partial charge in [0.1, 0.15) is 0 Å². The van der Waals surface area contributed by atoms with E-state index in [1.807, 2.05) is 11.4 Å². The molecule has 0 aromatic heterocycles. The summed E-state index contributed by atoms with van der Waals surface area (Å²) >= 11 is 4.33. The van der Waals surface area contributed by atoms with Crippen LogP contribution in [0, 0.1) is 0 Å². The van der Waals surface area contributed by atoms with Gasteiger partial charge in [-0.15, -0.1) is 13.2 Å². The first-order chi connectivity index (χ1) is 15.2.